The number of nitrogens with one attached hydrogen (secondary N) is 2. The van der Waals surface area contributed by atoms with Crippen LogP contribution in [0.15, 0.2) is 30.3 Å². The molecule has 34 heavy (non-hydrogen) atoms. The first-order valence-corrected chi connectivity index (χ1v) is 10.4. The first kappa shape index (κ1) is 26.2. The number of anilines is 2. The van der Waals surface area contributed by atoms with Crippen molar-refractivity contribution in [2.75, 3.05) is 45.1 Å². The predicted molar refractivity (Wildman–Crippen MR) is 126 cm³/mol. The Morgan fingerprint density at radius 1 is 0.941 bits per heavy atom. The molecule has 0 aromatic heterocycles. The summed E-state index contributed by atoms with van der Waals surface area (Å²) in [5.41, 5.74) is 2.63. The lowest BCUT2D eigenvalue weighted by atomic mass is 10.1. The molecular weight excluding hydrogens is 442 g/mol. The summed E-state index contributed by atoms with van der Waals surface area (Å²) in [5.74, 6) is -1.68. The molecule has 0 atom stereocenters. The molecular formula is C24H29N3O7. The Morgan fingerprint density at radius 3 is 2.09 bits per heavy atom. The molecule has 0 spiro atoms. The number of carbonyl (C=O) groups is 4. The molecule has 2 aromatic rings. The lowest BCUT2D eigenvalue weighted by molar-refractivity contribution is -0.136. The van der Waals surface area contributed by atoms with Gasteiger partial charge >= 0.3 is 5.97 Å². The smallest absolute Gasteiger partial charge is 0.340 e. The molecule has 10 heteroatoms. The van der Waals surface area contributed by atoms with Crippen molar-refractivity contribution in [1.29, 1.82) is 0 Å². The Labute approximate surface area is 198 Å². The van der Waals surface area contributed by atoms with Gasteiger partial charge in [-0.3, -0.25) is 14.4 Å². The minimum Gasteiger partial charge on any atom is -0.493 e. The molecule has 0 heterocycles. The van der Waals surface area contributed by atoms with Gasteiger partial charge in [-0.25, -0.2) is 4.79 Å². The second-order valence-corrected chi connectivity index (χ2v) is 7.57. The Kier molecular flexibility index (Phi) is 9.00. The zero-order chi connectivity index (χ0) is 25.4. The quantitative estimate of drug-likeness (QED) is 0.539. The van der Waals surface area contributed by atoms with Crippen LogP contribution in [-0.4, -0.2) is 63.0 Å². The molecule has 0 radical (unpaired) electrons. The van der Waals surface area contributed by atoms with E-state index in [0.29, 0.717) is 11.4 Å². The fourth-order valence-corrected chi connectivity index (χ4v) is 3.15. The average Bonchev–Trinajstić information content (AvgIpc) is 2.78. The van der Waals surface area contributed by atoms with Crippen LogP contribution in [0.4, 0.5) is 11.4 Å². The number of benzene rings is 2. The van der Waals surface area contributed by atoms with Crippen molar-refractivity contribution in [3.8, 4) is 11.5 Å². The highest BCUT2D eigenvalue weighted by molar-refractivity contribution is 6.02. The van der Waals surface area contributed by atoms with Gasteiger partial charge in [-0.05, 0) is 25.0 Å². The number of hydrogen-bond acceptors (Lipinski definition) is 7. The van der Waals surface area contributed by atoms with Crippen LogP contribution < -0.4 is 20.1 Å². The van der Waals surface area contributed by atoms with E-state index in [1.165, 1.54) is 40.3 Å². The van der Waals surface area contributed by atoms with Crippen molar-refractivity contribution in [3.63, 3.8) is 0 Å². The van der Waals surface area contributed by atoms with Gasteiger partial charge in [0.15, 0.2) is 18.1 Å². The van der Waals surface area contributed by atoms with E-state index in [0.717, 1.165) is 16.0 Å². The molecule has 0 unspecified atom stereocenters. The van der Waals surface area contributed by atoms with E-state index in [1.807, 2.05) is 32.0 Å². The van der Waals surface area contributed by atoms with Gasteiger partial charge in [0.05, 0.1) is 32.0 Å². The third-order valence-corrected chi connectivity index (χ3v) is 4.93. The first-order valence-electron chi connectivity index (χ1n) is 10.4. The monoisotopic (exact) mass is 471 g/mol. The number of hydrogen-bond donors (Lipinski definition) is 2. The summed E-state index contributed by atoms with van der Waals surface area (Å²) in [6, 6.07) is 8.40. The van der Waals surface area contributed by atoms with Crippen molar-refractivity contribution in [1.82, 2.24) is 4.90 Å². The number of esters is 1. The molecule has 0 aliphatic rings. The van der Waals surface area contributed by atoms with Gasteiger partial charge in [-0.1, -0.05) is 18.2 Å². The fraction of sp³-hybridized carbons (Fsp3) is 0.333. The number of para-hydroxylation sites is 1. The van der Waals surface area contributed by atoms with Crippen molar-refractivity contribution < 1.29 is 33.4 Å². The van der Waals surface area contributed by atoms with Gasteiger partial charge in [0.25, 0.3) is 5.91 Å². The molecule has 2 rings (SSSR count). The van der Waals surface area contributed by atoms with Crippen LogP contribution in [0.2, 0.25) is 0 Å². The van der Waals surface area contributed by atoms with Gasteiger partial charge in [0.1, 0.15) is 0 Å². The van der Waals surface area contributed by atoms with Gasteiger partial charge in [0.2, 0.25) is 11.8 Å². The number of nitrogens with zero attached hydrogens (tertiary/aromatic N) is 1. The van der Waals surface area contributed by atoms with Gasteiger partial charge in [-0.2, -0.15) is 0 Å². The number of amides is 3. The summed E-state index contributed by atoms with van der Waals surface area (Å²) >= 11 is 0. The largest absolute Gasteiger partial charge is 0.493 e. The topological polar surface area (TPSA) is 123 Å². The van der Waals surface area contributed by atoms with Crippen molar-refractivity contribution in [2.24, 2.45) is 0 Å². The van der Waals surface area contributed by atoms with Crippen LogP contribution in [-0.2, 0) is 19.1 Å². The summed E-state index contributed by atoms with van der Waals surface area (Å²) < 4.78 is 15.5. The number of methoxy groups -OCH3 is 2. The molecule has 10 nitrogen and oxygen atoms in total. The SMILES string of the molecule is COc1cc(NC(C)=O)c(C(=O)OCC(=O)N(C)CC(=O)Nc2c(C)cccc2C)cc1OC. The third-order valence-electron chi connectivity index (χ3n) is 4.93. The van der Waals surface area contributed by atoms with Crippen LogP contribution in [0.25, 0.3) is 0 Å². The van der Waals surface area contributed by atoms with Crippen LogP contribution >= 0.6 is 0 Å². The van der Waals surface area contributed by atoms with Crippen molar-refractivity contribution >= 4 is 35.1 Å². The van der Waals surface area contributed by atoms with Crippen LogP contribution in [0, 0.1) is 13.8 Å². The summed E-state index contributed by atoms with van der Waals surface area (Å²) in [6.07, 6.45) is 0. The summed E-state index contributed by atoms with van der Waals surface area (Å²) in [4.78, 5) is 50.2. The molecule has 2 N–H and O–H groups in total. The maximum atomic E-state index is 12.7. The minimum absolute atomic E-state index is 0.0175. The van der Waals surface area contributed by atoms with E-state index in [1.54, 1.807) is 0 Å². The Hall–Kier alpha value is -4.08. The molecule has 0 aliphatic heterocycles. The van der Waals surface area contributed by atoms with E-state index in [-0.39, 0.29) is 29.5 Å². The molecule has 3 amide bonds. The van der Waals surface area contributed by atoms with Gasteiger partial charge < -0.3 is 29.7 Å². The number of ether oxygens (including phenoxy) is 3. The van der Waals surface area contributed by atoms with Crippen LogP contribution in [0.5, 0.6) is 11.5 Å². The predicted octanol–water partition coefficient (Wildman–Crippen LogP) is 2.53. The van der Waals surface area contributed by atoms with Gasteiger partial charge in [-0.15, -0.1) is 0 Å². The van der Waals surface area contributed by atoms with Crippen molar-refractivity contribution in [2.45, 2.75) is 20.8 Å². The minimum atomic E-state index is -0.855. The summed E-state index contributed by atoms with van der Waals surface area (Å²) in [7, 11) is 4.24. The second kappa shape index (κ2) is 11.7. The molecule has 0 aliphatic carbocycles. The molecule has 0 saturated heterocycles. The van der Waals surface area contributed by atoms with Gasteiger partial charge in [0, 0.05) is 31.8 Å². The van der Waals surface area contributed by atoms with E-state index in [2.05, 4.69) is 10.6 Å². The standard InChI is InChI=1S/C24H29N3O7/c1-14-8-7-9-15(2)23(14)26-21(29)12-27(4)22(30)13-34-24(31)17-10-19(32-5)20(33-6)11-18(17)25-16(3)28/h7-11H,12-13H2,1-6H3,(H,25,28)(H,26,29). The number of aryl methyl sites for hydroxylation is 2. The average molecular weight is 472 g/mol. The van der Waals surface area contributed by atoms with E-state index in [9.17, 15) is 19.2 Å². The highest BCUT2D eigenvalue weighted by atomic mass is 16.5. The molecule has 0 fully saturated rings. The fourth-order valence-electron chi connectivity index (χ4n) is 3.15. The maximum absolute atomic E-state index is 12.7. The zero-order valence-corrected chi connectivity index (χ0v) is 20.1. The van der Waals surface area contributed by atoms with Crippen LogP contribution in [0.3, 0.4) is 0 Å². The molecule has 0 saturated carbocycles. The summed E-state index contributed by atoms with van der Waals surface area (Å²) in [6.45, 7) is 4.21. The molecule has 2 aromatic carbocycles. The number of rotatable bonds is 9. The Balaban J connectivity index is 2.04. The number of carbonyl (C=O) groups excluding carboxylic acids is 4. The molecule has 182 valence electrons. The van der Waals surface area contributed by atoms with Crippen LogP contribution in [0.1, 0.15) is 28.4 Å². The normalized spacial score (nSPS) is 10.2. The first-order chi connectivity index (χ1) is 16.1. The zero-order valence-electron chi connectivity index (χ0n) is 20.1. The van der Waals surface area contributed by atoms with E-state index >= 15 is 0 Å². The summed E-state index contributed by atoms with van der Waals surface area (Å²) in [5, 5.41) is 5.32. The van der Waals surface area contributed by atoms with Crippen molar-refractivity contribution in [3.05, 3.63) is 47.0 Å². The highest BCUT2D eigenvalue weighted by Gasteiger charge is 2.21. The second-order valence-electron chi connectivity index (χ2n) is 7.57. The third kappa shape index (κ3) is 6.71. The lowest BCUT2D eigenvalue weighted by Gasteiger charge is -2.18. The highest BCUT2D eigenvalue weighted by Crippen LogP contribution is 2.33. The maximum Gasteiger partial charge on any atom is 0.340 e. The number of likely N-dealkylation sites (N-methyl/N-ethyl adjacent to an activating group) is 1. The lowest BCUT2D eigenvalue weighted by Crippen LogP contribution is -2.37. The Morgan fingerprint density at radius 2 is 1.53 bits per heavy atom. The van der Waals surface area contributed by atoms with E-state index < -0.39 is 24.4 Å². The molecule has 0 bridgehead atoms. The van der Waals surface area contributed by atoms with E-state index in [4.69, 9.17) is 14.2 Å². The Bertz CT molecular complexity index is 1080.